The molecule has 0 saturated heterocycles. The van der Waals surface area contributed by atoms with E-state index in [4.69, 9.17) is 14.3 Å². The van der Waals surface area contributed by atoms with Gasteiger partial charge in [0, 0.05) is 26.1 Å². The maximum Gasteiger partial charge on any atom is 0.191 e. The van der Waals surface area contributed by atoms with Crippen molar-refractivity contribution in [1.82, 2.24) is 10.6 Å². The Balaban J connectivity index is 0.00000441. The van der Waals surface area contributed by atoms with Gasteiger partial charge in [0.05, 0.1) is 26.1 Å². The Hall–Kier alpha value is -0.800. The largest absolute Gasteiger partial charge is 0.469 e. The second kappa shape index (κ2) is 13.8. The molecule has 0 spiro atoms. The molecule has 1 rings (SSSR count). The number of aliphatic imine (C=N–C) groups is 1. The molecule has 0 atom stereocenters. The summed E-state index contributed by atoms with van der Waals surface area (Å²) in [6.07, 6.45) is 2.50. The average molecular weight is 425 g/mol. The lowest BCUT2D eigenvalue weighted by Crippen LogP contribution is -2.40. The molecule has 22 heavy (non-hydrogen) atoms. The Labute approximate surface area is 149 Å². The number of aliphatic hydroxyl groups excluding tert-OH is 1. The van der Waals surface area contributed by atoms with Crippen molar-refractivity contribution in [3.05, 3.63) is 24.2 Å². The lowest BCUT2D eigenvalue weighted by molar-refractivity contribution is 0.0957. The lowest BCUT2D eigenvalue weighted by Gasteiger charge is -2.13. The predicted molar refractivity (Wildman–Crippen MR) is 98.9 cm³/mol. The van der Waals surface area contributed by atoms with E-state index in [2.05, 4.69) is 29.5 Å². The third kappa shape index (κ3) is 10.9. The van der Waals surface area contributed by atoms with Crippen LogP contribution < -0.4 is 10.6 Å². The molecule has 128 valence electrons. The maximum atomic E-state index is 8.64. The summed E-state index contributed by atoms with van der Waals surface area (Å²) in [7, 11) is 0. The van der Waals surface area contributed by atoms with Crippen LogP contribution in [0.1, 0.15) is 19.6 Å². The van der Waals surface area contributed by atoms with E-state index in [1.54, 1.807) is 6.26 Å². The third-order valence-corrected chi connectivity index (χ3v) is 2.63. The molecule has 0 bridgehead atoms. The Morgan fingerprint density at radius 2 is 2.09 bits per heavy atom. The van der Waals surface area contributed by atoms with Crippen LogP contribution in [0.5, 0.6) is 0 Å². The molecule has 1 heterocycles. The number of nitrogens with one attached hydrogen (secondary N) is 2. The van der Waals surface area contributed by atoms with E-state index < -0.39 is 0 Å². The summed E-state index contributed by atoms with van der Waals surface area (Å²) < 4.78 is 10.5. The second-order valence-electron chi connectivity index (χ2n) is 5.10. The van der Waals surface area contributed by atoms with E-state index in [1.165, 1.54) is 0 Å². The van der Waals surface area contributed by atoms with Gasteiger partial charge in [-0.1, -0.05) is 13.8 Å². The van der Waals surface area contributed by atoms with Crippen molar-refractivity contribution < 1.29 is 14.3 Å². The maximum absolute atomic E-state index is 8.64. The highest BCUT2D eigenvalue weighted by molar-refractivity contribution is 14.0. The molecular formula is C15H28IN3O3. The highest BCUT2D eigenvalue weighted by atomic mass is 127. The molecule has 0 aromatic carbocycles. The molecule has 0 fully saturated rings. The van der Waals surface area contributed by atoms with Crippen LogP contribution >= 0.6 is 24.0 Å². The summed E-state index contributed by atoms with van der Waals surface area (Å²) in [4.78, 5) is 4.52. The van der Waals surface area contributed by atoms with E-state index in [0.717, 1.165) is 31.2 Å². The molecule has 1 aromatic heterocycles. The van der Waals surface area contributed by atoms with Gasteiger partial charge in [-0.25, -0.2) is 0 Å². The van der Waals surface area contributed by atoms with Gasteiger partial charge in [0.15, 0.2) is 5.96 Å². The van der Waals surface area contributed by atoms with E-state index in [1.807, 2.05) is 12.1 Å². The van der Waals surface area contributed by atoms with E-state index in [0.29, 0.717) is 25.7 Å². The number of ether oxygens (including phenoxy) is 1. The SMILES string of the molecule is CC(C)CN=C(NCCOCCO)NCCc1ccco1.I. The van der Waals surface area contributed by atoms with Crippen LogP contribution in [0.4, 0.5) is 0 Å². The first-order valence-corrected chi connectivity index (χ1v) is 7.45. The monoisotopic (exact) mass is 425 g/mol. The zero-order valence-corrected chi connectivity index (χ0v) is 15.7. The van der Waals surface area contributed by atoms with Crippen LogP contribution in [-0.4, -0.2) is 50.5 Å². The molecule has 0 amide bonds. The molecule has 0 aliphatic carbocycles. The van der Waals surface area contributed by atoms with Crippen molar-refractivity contribution in [2.24, 2.45) is 10.9 Å². The van der Waals surface area contributed by atoms with Crippen molar-refractivity contribution in [2.45, 2.75) is 20.3 Å². The highest BCUT2D eigenvalue weighted by Crippen LogP contribution is 1.99. The molecule has 0 unspecified atom stereocenters. The van der Waals surface area contributed by atoms with Crippen LogP contribution in [-0.2, 0) is 11.2 Å². The Kier molecular flexibility index (Phi) is 13.3. The van der Waals surface area contributed by atoms with Crippen molar-refractivity contribution >= 4 is 29.9 Å². The van der Waals surface area contributed by atoms with Crippen LogP contribution in [0, 0.1) is 5.92 Å². The fraction of sp³-hybridized carbons (Fsp3) is 0.667. The molecule has 0 aliphatic heterocycles. The smallest absolute Gasteiger partial charge is 0.191 e. The number of halogens is 1. The minimum absolute atomic E-state index is 0. The average Bonchev–Trinajstić information content (AvgIpc) is 2.97. The van der Waals surface area contributed by atoms with Gasteiger partial charge < -0.3 is 24.9 Å². The minimum atomic E-state index is 0. The molecule has 3 N–H and O–H groups in total. The van der Waals surface area contributed by atoms with Crippen molar-refractivity contribution in [2.75, 3.05) is 39.5 Å². The highest BCUT2D eigenvalue weighted by Gasteiger charge is 2.01. The van der Waals surface area contributed by atoms with Gasteiger partial charge in [-0.15, -0.1) is 24.0 Å². The van der Waals surface area contributed by atoms with Crippen LogP contribution in [0.3, 0.4) is 0 Å². The number of hydrogen-bond donors (Lipinski definition) is 3. The van der Waals surface area contributed by atoms with Gasteiger partial charge >= 0.3 is 0 Å². The van der Waals surface area contributed by atoms with Gasteiger partial charge in [0.2, 0.25) is 0 Å². The summed E-state index contributed by atoms with van der Waals surface area (Å²) in [6, 6.07) is 3.85. The molecule has 0 saturated carbocycles. The summed E-state index contributed by atoms with van der Waals surface area (Å²) in [5, 5.41) is 15.1. The fourth-order valence-electron chi connectivity index (χ4n) is 1.62. The van der Waals surface area contributed by atoms with Gasteiger partial charge in [0.25, 0.3) is 0 Å². The zero-order chi connectivity index (χ0) is 15.3. The Bertz CT molecular complexity index is 383. The summed E-state index contributed by atoms with van der Waals surface area (Å²) in [5.41, 5.74) is 0. The topological polar surface area (TPSA) is 79.0 Å². The molecule has 0 aliphatic rings. The number of nitrogens with zero attached hydrogens (tertiary/aromatic N) is 1. The van der Waals surface area contributed by atoms with Crippen LogP contribution in [0.15, 0.2) is 27.8 Å². The van der Waals surface area contributed by atoms with Gasteiger partial charge in [-0.05, 0) is 18.1 Å². The molecule has 1 aromatic rings. The van der Waals surface area contributed by atoms with Crippen molar-refractivity contribution in [3.63, 3.8) is 0 Å². The Morgan fingerprint density at radius 1 is 1.32 bits per heavy atom. The molecule has 7 heteroatoms. The quantitative estimate of drug-likeness (QED) is 0.230. The summed E-state index contributed by atoms with van der Waals surface area (Å²) in [6.45, 7) is 7.42. The number of aliphatic hydroxyl groups is 1. The second-order valence-corrected chi connectivity index (χ2v) is 5.10. The van der Waals surface area contributed by atoms with E-state index >= 15 is 0 Å². The van der Waals surface area contributed by atoms with Gasteiger partial charge in [-0.2, -0.15) is 0 Å². The summed E-state index contributed by atoms with van der Waals surface area (Å²) >= 11 is 0. The van der Waals surface area contributed by atoms with Crippen LogP contribution in [0.2, 0.25) is 0 Å². The number of hydrogen-bond acceptors (Lipinski definition) is 4. The van der Waals surface area contributed by atoms with E-state index in [9.17, 15) is 0 Å². The van der Waals surface area contributed by atoms with Crippen molar-refractivity contribution in [1.29, 1.82) is 0 Å². The fourth-order valence-corrected chi connectivity index (χ4v) is 1.62. The molecular weight excluding hydrogens is 397 g/mol. The van der Waals surface area contributed by atoms with Crippen molar-refractivity contribution in [3.8, 4) is 0 Å². The first-order valence-electron chi connectivity index (χ1n) is 7.45. The first-order chi connectivity index (χ1) is 10.2. The summed E-state index contributed by atoms with van der Waals surface area (Å²) in [5.74, 6) is 2.25. The molecule has 6 nitrogen and oxygen atoms in total. The number of furan rings is 1. The molecule has 0 radical (unpaired) electrons. The minimum Gasteiger partial charge on any atom is -0.469 e. The van der Waals surface area contributed by atoms with Gasteiger partial charge in [-0.3, -0.25) is 4.99 Å². The lowest BCUT2D eigenvalue weighted by atomic mass is 10.2. The van der Waals surface area contributed by atoms with E-state index in [-0.39, 0.29) is 30.6 Å². The predicted octanol–water partition coefficient (Wildman–Crippen LogP) is 1.64. The number of guanidine groups is 1. The third-order valence-electron chi connectivity index (χ3n) is 2.63. The standard InChI is InChI=1S/C15H27N3O3.HI/c1-13(2)12-18-15(17-7-10-20-11-8-19)16-6-5-14-4-3-9-21-14;/h3-4,9,13,19H,5-8,10-12H2,1-2H3,(H2,16,17,18);1H. The Morgan fingerprint density at radius 3 is 2.73 bits per heavy atom. The first kappa shape index (κ1) is 21.2. The zero-order valence-electron chi connectivity index (χ0n) is 13.4. The normalized spacial score (nSPS) is 11.4. The van der Waals surface area contributed by atoms with Crippen LogP contribution in [0.25, 0.3) is 0 Å². The van der Waals surface area contributed by atoms with Gasteiger partial charge in [0.1, 0.15) is 5.76 Å². The number of rotatable bonds is 10.